The minimum atomic E-state index is -0.0463. The van der Waals surface area contributed by atoms with Gasteiger partial charge >= 0.3 is 0 Å². The molecule has 94 valence electrons. The van der Waals surface area contributed by atoms with Gasteiger partial charge in [0.1, 0.15) is 11.8 Å². The Morgan fingerprint density at radius 2 is 2.56 bits per heavy atom. The van der Waals surface area contributed by atoms with Gasteiger partial charge in [0.15, 0.2) is 5.11 Å². The Morgan fingerprint density at radius 3 is 3.28 bits per heavy atom. The Labute approximate surface area is 110 Å². The third kappa shape index (κ3) is 1.69. The largest absolute Gasteiger partial charge is 0.467 e. The lowest BCUT2D eigenvalue weighted by Crippen LogP contribution is -2.44. The summed E-state index contributed by atoms with van der Waals surface area (Å²) >= 11 is 5.36. The molecule has 18 heavy (non-hydrogen) atoms. The average molecular weight is 262 g/mol. The van der Waals surface area contributed by atoms with Crippen LogP contribution in [0.5, 0.6) is 0 Å². The van der Waals surface area contributed by atoms with E-state index in [0.717, 1.165) is 30.1 Å². The quantitative estimate of drug-likeness (QED) is 0.762. The first-order valence-corrected chi connectivity index (χ1v) is 6.26. The second-order valence-corrected chi connectivity index (χ2v) is 4.57. The van der Waals surface area contributed by atoms with E-state index in [-0.39, 0.29) is 6.04 Å². The van der Waals surface area contributed by atoms with Gasteiger partial charge in [0.2, 0.25) is 0 Å². The second kappa shape index (κ2) is 4.45. The Morgan fingerprint density at radius 1 is 1.67 bits per heavy atom. The molecule has 0 amide bonds. The summed E-state index contributed by atoms with van der Waals surface area (Å²) in [6.07, 6.45) is 4.32. The molecule has 0 fully saturated rings. The van der Waals surface area contributed by atoms with E-state index in [0.29, 0.717) is 5.11 Å². The van der Waals surface area contributed by atoms with Crippen molar-refractivity contribution < 1.29 is 4.42 Å². The topological polar surface area (TPSA) is 57.1 Å². The molecular weight excluding hydrogens is 248 g/mol. The van der Waals surface area contributed by atoms with Crippen molar-refractivity contribution in [2.45, 2.75) is 12.5 Å². The number of fused-ring (bicyclic) bond motifs is 1. The Bertz CT molecular complexity index is 548. The van der Waals surface area contributed by atoms with Crippen LogP contribution in [0.3, 0.4) is 0 Å². The molecule has 0 aliphatic carbocycles. The predicted octanol–water partition coefficient (Wildman–Crippen LogP) is 1.45. The second-order valence-electron chi connectivity index (χ2n) is 4.18. The normalized spacial score (nSPS) is 18.5. The van der Waals surface area contributed by atoms with Gasteiger partial charge in [-0.2, -0.15) is 0 Å². The van der Waals surface area contributed by atoms with Crippen LogP contribution in [-0.2, 0) is 6.42 Å². The molecule has 2 aromatic rings. The molecule has 1 aliphatic rings. The van der Waals surface area contributed by atoms with Gasteiger partial charge in [0, 0.05) is 25.7 Å². The van der Waals surface area contributed by atoms with Gasteiger partial charge in [-0.1, -0.05) is 0 Å². The standard InChI is InChI=1S/C12H14N4OS/c1-13-12(18)16-5-4-8-10(15-7-14-8)11(16)9-3-2-6-17-9/h2-3,6-7,11H,4-5H2,1H3,(H,13,18)(H,14,15). The Hall–Kier alpha value is -1.82. The lowest BCUT2D eigenvalue weighted by molar-refractivity contribution is 0.288. The summed E-state index contributed by atoms with van der Waals surface area (Å²) in [5, 5.41) is 3.74. The fraction of sp³-hybridized carbons (Fsp3) is 0.333. The maximum absolute atomic E-state index is 5.54. The lowest BCUT2D eigenvalue weighted by atomic mass is 10.0. The van der Waals surface area contributed by atoms with Gasteiger partial charge in [-0.25, -0.2) is 4.98 Å². The maximum Gasteiger partial charge on any atom is 0.169 e. The molecule has 6 heteroatoms. The number of furan rings is 1. The van der Waals surface area contributed by atoms with Gasteiger partial charge in [-0.15, -0.1) is 0 Å². The average Bonchev–Trinajstić information content (AvgIpc) is 3.07. The molecule has 0 saturated heterocycles. The third-order valence-electron chi connectivity index (χ3n) is 3.21. The molecule has 0 aromatic carbocycles. The van der Waals surface area contributed by atoms with E-state index < -0.39 is 0 Å². The summed E-state index contributed by atoms with van der Waals surface area (Å²) in [6.45, 7) is 0.847. The zero-order chi connectivity index (χ0) is 12.5. The zero-order valence-corrected chi connectivity index (χ0v) is 10.8. The molecule has 0 radical (unpaired) electrons. The van der Waals surface area contributed by atoms with Crippen molar-refractivity contribution in [3.8, 4) is 0 Å². The van der Waals surface area contributed by atoms with Crippen LogP contribution in [0.25, 0.3) is 0 Å². The van der Waals surface area contributed by atoms with E-state index in [1.807, 2.05) is 19.2 Å². The van der Waals surface area contributed by atoms with Crippen molar-refractivity contribution >= 4 is 17.3 Å². The third-order valence-corrected chi connectivity index (χ3v) is 3.65. The number of hydrogen-bond acceptors (Lipinski definition) is 3. The van der Waals surface area contributed by atoms with E-state index >= 15 is 0 Å². The van der Waals surface area contributed by atoms with E-state index in [1.165, 1.54) is 0 Å². The summed E-state index contributed by atoms with van der Waals surface area (Å²) in [7, 11) is 1.83. The highest BCUT2D eigenvalue weighted by Crippen LogP contribution is 2.33. The van der Waals surface area contributed by atoms with Crippen molar-refractivity contribution in [2.24, 2.45) is 0 Å². The molecule has 3 heterocycles. The molecular formula is C12H14N4OS. The minimum Gasteiger partial charge on any atom is -0.467 e. The van der Waals surface area contributed by atoms with Gasteiger partial charge in [-0.3, -0.25) is 0 Å². The molecule has 0 saturated carbocycles. The summed E-state index contributed by atoms with van der Waals surface area (Å²) in [4.78, 5) is 9.71. The number of H-pyrrole nitrogens is 1. The maximum atomic E-state index is 5.54. The van der Waals surface area contributed by atoms with E-state index in [1.54, 1.807) is 12.6 Å². The van der Waals surface area contributed by atoms with Crippen LogP contribution in [0, 0.1) is 0 Å². The minimum absolute atomic E-state index is 0.0463. The van der Waals surface area contributed by atoms with Crippen molar-refractivity contribution in [2.75, 3.05) is 13.6 Å². The summed E-state index contributed by atoms with van der Waals surface area (Å²) in [6, 6.07) is 3.80. The SMILES string of the molecule is CNC(=S)N1CCc2[nH]cnc2C1c1ccco1. The van der Waals surface area contributed by atoms with Crippen LogP contribution in [0.4, 0.5) is 0 Å². The first-order chi connectivity index (χ1) is 8.81. The highest BCUT2D eigenvalue weighted by atomic mass is 32.1. The highest BCUT2D eigenvalue weighted by Gasteiger charge is 2.33. The van der Waals surface area contributed by atoms with E-state index in [2.05, 4.69) is 20.2 Å². The summed E-state index contributed by atoms with van der Waals surface area (Å²) in [5.41, 5.74) is 2.15. The summed E-state index contributed by atoms with van der Waals surface area (Å²) in [5.74, 6) is 0.862. The Balaban J connectivity index is 2.05. The van der Waals surface area contributed by atoms with Crippen LogP contribution in [0.15, 0.2) is 29.1 Å². The number of aromatic nitrogens is 2. The number of rotatable bonds is 1. The number of hydrogen-bond donors (Lipinski definition) is 2. The molecule has 5 nitrogen and oxygen atoms in total. The van der Waals surface area contributed by atoms with Gasteiger partial charge in [-0.05, 0) is 24.4 Å². The molecule has 1 aliphatic heterocycles. The molecule has 1 atom stereocenters. The van der Waals surface area contributed by atoms with Crippen LogP contribution >= 0.6 is 12.2 Å². The molecule has 2 N–H and O–H groups in total. The number of imidazole rings is 1. The van der Waals surface area contributed by atoms with Crippen molar-refractivity contribution in [3.63, 3.8) is 0 Å². The molecule has 0 spiro atoms. The molecule has 3 rings (SSSR count). The Kier molecular flexibility index (Phi) is 2.79. The molecule has 1 unspecified atom stereocenters. The van der Waals surface area contributed by atoms with Crippen LogP contribution < -0.4 is 5.32 Å². The monoisotopic (exact) mass is 262 g/mol. The van der Waals surface area contributed by atoms with Gasteiger partial charge < -0.3 is 19.6 Å². The first kappa shape index (κ1) is 11.3. The van der Waals surface area contributed by atoms with Crippen molar-refractivity contribution in [1.29, 1.82) is 0 Å². The highest BCUT2D eigenvalue weighted by molar-refractivity contribution is 7.80. The zero-order valence-electron chi connectivity index (χ0n) is 10.0. The summed E-state index contributed by atoms with van der Waals surface area (Å²) < 4.78 is 5.54. The van der Waals surface area contributed by atoms with Crippen LogP contribution in [-0.4, -0.2) is 33.6 Å². The number of thiocarbonyl (C=S) groups is 1. The number of nitrogens with one attached hydrogen (secondary N) is 2. The van der Waals surface area contributed by atoms with E-state index in [9.17, 15) is 0 Å². The molecule has 2 aromatic heterocycles. The van der Waals surface area contributed by atoms with Gasteiger partial charge in [0.05, 0.1) is 18.3 Å². The van der Waals surface area contributed by atoms with Gasteiger partial charge in [0.25, 0.3) is 0 Å². The fourth-order valence-corrected chi connectivity index (χ4v) is 2.57. The van der Waals surface area contributed by atoms with Crippen molar-refractivity contribution in [1.82, 2.24) is 20.2 Å². The van der Waals surface area contributed by atoms with Crippen molar-refractivity contribution in [3.05, 3.63) is 41.9 Å². The smallest absolute Gasteiger partial charge is 0.169 e. The predicted molar refractivity (Wildman–Crippen MR) is 71.2 cm³/mol. The van der Waals surface area contributed by atoms with Crippen LogP contribution in [0.1, 0.15) is 23.2 Å². The fourth-order valence-electron chi connectivity index (χ4n) is 2.37. The number of nitrogens with zero attached hydrogens (tertiary/aromatic N) is 2. The van der Waals surface area contributed by atoms with Crippen LogP contribution in [0.2, 0.25) is 0 Å². The number of aromatic amines is 1. The first-order valence-electron chi connectivity index (χ1n) is 5.85. The lowest BCUT2D eigenvalue weighted by Gasteiger charge is -2.35. The molecule has 0 bridgehead atoms. The van der Waals surface area contributed by atoms with E-state index in [4.69, 9.17) is 16.6 Å².